The minimum atomic E-state index is 0.538. The molecule has 94 valence electrons. The molecule has 17 heavy (non-hydrogen) atoms. The standard InChI is InChI=1S/C14H19Cl2N/c1-2-3-8-17-9-4-5-14(17)11-6-7-12(15)13(16)10-11/h6-7,10,14H,2-5,8-9H2,1H3. The van der Waals surface area contributed by atoms with Crippen molar-refractivity contribution in [2.24, 2.45) is 0 Å². The van der Waals surface area contributed by atoms with Crippen LogP contribution in [-0.4, -0.2) is 18.0 Å². The molecule has 1 aliphatic heterocycles. The minimum Gasteiger partial charge on any atom is -0.296 e. The summed E-state index contributed by atoms with van der Waals surface area (Å²) < 4.78 is 0. The number of nitrogens with zero attached hydrogens (tertiary/aromatic N) is 1. The first-order valence-electron chi connectivity index (χ1n) is 6.41. The summed E-state index contributed by atoms with van der Waals surface area (Å²) in [5, 5.41) is 1.32. The summed E-state index contributed by atoms with van der Waals surface area (Å²) in [5.74, 6) is 0. The first-order valence-corrected chi connectivity index (χ1v) is 7.17. The van der Waals surface area contributed by atoms with Gasteiger partial charge in [0.1, 0.15) is 0 Å². The first kappa shape index (κ1) is 13.2. The number of benzene rings is 1. The Morgan fingerprint density at radius 1 is 1.29 bits per heavy atom. The summed E-state index contributed by atoms with van der Waals surface area (Å²) >= 11 is 12.1. The van der Waals surface area contributed by atoms with Crippen LogP contribution in [0.1, 0.15) is 44.2 Å². The summed E-state index contributed by atoms with van der Waals surface area (Å²) in [6.07, 6.45) is 5.05. The number of hydrogen-bond acceptors (Lipinski definition) is 1. The van der Waals surface area contributed by atoms with Gasteiger partial charge in [0, 0.05) is 6.04 Å². The molecule has 1 aromatic carbocycles. The van der Waals surface area contributed by atoms with Crippen molar-refractivity contribution in [1.29, 1.82) is 0 Å². The van der Waals surface area contributed by atoms with Gasteiger partial charge >= 0.3 is 0 Å². The second-order valence-electron chi connectivity index (χ2n) is 4.72. The zero-order valence-corrected chi connectivity index (χ0v) is 11.8. The van der Waals surface area contributed by atoms with Crippen molar-refractivity contribution in [3.8, 4) is 0 Å². The molecule has 2 rings (SSSR count). The summed E-state index contributed by atoms with van der Waals surface area (Å²) in [7, 11) is 0. The van der Waals surface area contributed by atoms with Gasteiger partial charge in [0.2, 0.25) is 0 Å². The third-order valence-electron chi connectivity index (χ3n) is 3.49. The average molecular weight is 272 g/mol. The van der Waals surface area contributed by atoms with Crippen LogP contribution < -0.4 is 0 Å². The molecule has 0 N–H and O–H groups in total. The maximum atomic E-state index is 6.09. The van der Waals surface area contributed by atoms with Gasteiger partial charge < -0.3 is 0 Å². The van der Waals surface area contributed by atoms with E-state index >= 15 is 0 Å². The summed E-state index contributed by atoms with van der Waals surface area (Å²) in [4.78, 5) is 2.57. The second kappa shape index (κ2) is 6.08. The van der Waals surface area contributed by atoms with Crippen LogP contribution in [0.3, 0.4) is 0 Å². The smallest absolute Gasteiger partial charge is 0.0595 e. The second-order valence-corrected chi connectivity index (χ2v) is 5.54. The van der Waals surface area contributed by atoms with Crippen molar-refractivity contribution in [2.45, 2.75) is 38.6 Å². The zero-order valence-electron chi connectivity index (χ0n) is 10.3. The minimum absolute atomic E-state index is 0.538. The molecule has 1 saturated heterocycles. The molecule has 1 nitrogen and oxygen atoms in total. The van der Waals surface area contributed by atoms with Gasteiger partial charge in [-0.05, 0) is 50.0 Å². The molecule has 1 heterocycles. The van der Waals surface area contributed by atoms with Crippen molar-refractivity contribution >= 4 is 23.2 Å². The van der Waals surface area contributed by atoms with E-state index in [1.807, 2.05) is 12.1 Å². The predicted octanol–water partition coefficient (Wildman–Crippen LogP) is 4.93. The van der Waals surface area contributed by atoms with Crippen LogP contribution in [0, 0.1) is 0 Å². The third-order valence-corrected chi connectivity index (χ3v) is 4.23. The molecule has 0 spiro atoms. The maximum absolute atomic E-state index is 6.09. The van der Waals surface area contributed by atoms with Gasteiger partial charge in [-0.25, -0.2) is 0 Å². The topological polar surface area (TPSA) is 3.24 Å². The van der Waals surface area contributed by atoms with E-state index in [4.69, 9.17) is 23.2 Å². The Hall–Kier alpha value is -0.240. The van der Waals surface area contributed by atoms with Crippen molar-refractivity contribution in [2.75, 3.05) is 13.1 Å². The molecule has 0 saturated carbocycles. The summed E-state index contributed by atoms with van der Waals surface area (Å²) in [6, 6.07) is 6.59. The van der Waals surface area contributed by atoms with Crippen LogP contribution >= 0.6 is 23.2 Å². The van der Waals surface area contributed by atoms with Crippen LogP contribution in [0.2, 0.25) is 10.0 Å². The van der Waals surface area contributed by atoms with Gasteiger partial charge in [0.15, 0.2) is 0 Å². The van der Waals surface area contributed by atoms with Gasteiger partial charge in [-0.3, -0.25) is 4.90 Å². The predicted molar refractivity (Wildman–Crippen MR) is 74.9 cm³/mol. The van der Waals surface area contributed by atoms with Gasteiger partial charge in [0.25, 0.3) is 0 Å². The SMILES string of the molecule is CCCCN1CCCC1c1ccc(Cl)c(Cl)c1. The van der Waals surface area contributed by atoms with Crippen LogP contribution in [0.15, 0.2) is 18.2 Å². The Kier molecular flexibility index (Phi) is 4.72. The fourth-order valence-corrected chi connectivity index (χ4v) is 2.86. The van der Waals surface area contributed by atoms with E-state index in [-0.39, 0.29) is 0 Å². The lowest BCUT2D eigenvalue weighted by atomic mass is 10.0. The molecular formula is C14H19Cl2N. The van der Waals surface area contributed by atoms with Crippen LogP contribution in [0.5, 0.6) is 0 Å². The van der Waals surface area contributed by atoms with Gasteiger partial charge in [0.05, 0.1) is 10.0 Å². The number of unbranched alkanes of at least 4 members (excludes halogenated alkanes) is 1. The van der Waals surface area contributed by atoms with E-state index in [0.29, 0.717) is 16.1 Å². The number of likely N-dealkylation sites (tertiary alicyclic amines) is 1. The van der Waals surface area contributed by atoms with Crippen molar-refractivity contribution in [1.82, 2.24) is 4.90 Å². The number of halogens is 2. The third kappa shape index (κ3) is 3.15. The zero-order chi connectivity index (χ0) is 12.3. The van der Waals surface area contributed by atoms with E-state index in [9.17, 15) is 0 Å². The Balaban J connectivity index is 2.11. The molecule has 1 atom stereocenters. The lowest BCUT2D eigenvalue weighted by Crippen LogP contribution is -2.24. The lowest BCUT2D eigenvalue weighted by Gasteiger charge is -2.24. The Labute approximate surface area is 114 Å². The highest BCUT2D eigenvalue weighted by molar-refractivity contribution is 6.42. The molecule has 0 bridgehead atoms. The van der Waals surface area contributed by atoms with Crippen molar-refractivity contribution in [3.63, 3.8) is 0 Å². The van der Waals surface area contributed by atoms with E-state index in [1.165, 1.54) is 44.3 Å². The normalized spacial score (nSPS) is 21.0. The average Bonchev–Trinajstić information content (AvgIpc) is 2.78. The Morgan fingerprint density at radius 3 is 2.82 bits per heavy atom. The highest BCUT2D eigenvalue weighted by atomic mass is 35.5. The molecule has 3 heteroatoms. The van der Waals surface area contributed by atoms with E-state index < -0.39 is 0 Å². The molecule has 1 fully saturated rings. The van der Waals surface area contributed by atoms with Crippen LogP contribution in [0.25, 0.3) is 0 Å². The summed E-state index contributed by atoms with van der Waals surface area (Å²) in [6.45, 7) is 4.65. The number of rotatable bonds is 4. The Morgan fingerprint density at radius 2 is 2.12 bits per heavy atom. The monoisotopic (exact) mass is 271 g/mol. The quantitative estimate of drug-likeness (QED) is 0.751. The van der Waals surface area contributed by atoms with Crippen molar-refractivity contribution in [3.05, 3.63) is 33.8 Å². The highest BCUT2D eigenvalue weighted by Crippen LogP contribution is 2.34. The fourth-order valence-electron chi connectivity index (χ4n) is 2.55. The van der Waals surface area contributed by atoms with Crippen molar-refractivity contribution < 1.29 is 0 Å². The molecule has 0 aromatic heterocycles. The van der Waals surface area contributed by atoms with Gasteiger partial charge in [-0.2, -0.15) is 0 Å². The van der Waals surface area contributed by atoms with Crippen LogP contribution in [-0.2, 0) is 0 Å². The Bertz CT molecular complexity index is 378. The lowest BCUT2D eigenvalue weighted by molar-refractivity contribution is 0.253. The molecule has 0 aliphatic carbocycles. The molecule has 0 radical (unpaired) electrons. The fraction of sp³-hybridized carbons (Fsp3) is 0.571. The molecule has 1 unspecified atom stereocenters. The van der Waals surface area contributed by atoms with Crippen LogP contribution in [0.4, 0.5) is 0 Å². The number of hydrogen-bond donors (Lipinski definition) is 0. The van der Waals surface area contributed by atoms with Gasteiger partial charge in [-0.15, -0.1) is 0 Å². The maximum Gasteiger partial charge on any atom is 0.0595 e. The summed E-state index contributed by atoms with van der Waals surface area (Å²) in [5.41, 5.74) is 1.31. The van der Waals surface area contributed by atoms with E-state index in [1.54, 1.807) is 0 Å². The largest absolute Gasteiger partial charge is 0.296 e. The van der Waals surface area contributed by atoms with E-state index in [2.05, 4.69) is 17.9 Å². The molecule has 1 aromatic rings. The van der Waals surface area contributed by atoms with E-state index in [0.717, 1.165) is 0 Å². The highest BCUT2D eigenvalue weighted by Gasteiger charge is 2.25. The molecule has 1 aliphatic rings. The molecule has 0 amide bonds. The first-order chi connectivity index (χ1) is 8.22. The molecular weight excluding hydrogens is 253 g/mol. The van der Waals surface area contributed by atoms with Gasteiger partial charge in [-0.1, -0.05) is 42.6 Å².